The third-order valence-electron chi connectivity index (χ3n) is 0.717. The topological polar surface area (TPSA) is 0 Å². The van der Waals surface area contributed by atoms with Crippen molar-refractivity contribution in [3.63, 3.8) is 0 Å². The molecule has 0 aromatic rings. The van der Waals surface area contributed by atoms with Crippen molar-refractivity contribution < 1.29 is 24.0 Å². The average Bonchev–Trinajstić information content (AvgIpc) is 1.86. The Labute approximate surface area is 53.6 Å². The summed E-state index contributed by atoms with van der Waals surface area (Å²) in [4.78, 5) is 0. The standard InChI is InChI=1S/C5H5.Ru.4H/c1-2-4-5-3-1;;;;;/h1-3H,4H2;;;;;/q;;4*-1. The molecule has 0 fully saturated rings. The van der Waals surface area contributed by atoms with Crippen LogP contribution < -0.4 is 0 Å². The van der Waals surface area contributed by atoms with Crippen LogP contribution in [0.25, 0.3) is 0 Å². The van der Waals surface area contributed by atoms with Crippen molar-refractivity contribution in [1.82, 2.24) is 0 Å². The summed E-state index contributed by atoms with van der Waals surface area (Å²) >= 11 is 2.59. The Balaban J connectivity index is -0.0000000450. The van der Waals surface area contributed by atoms with Gasteiger partial charge in [-0.15, -0.1) is 0 Å². The first kappa shape index (κ1) is 4.27. The van der Waals surface area contributed by atoms with Crippen LogP contribution in [0.4, 0.5) is 0 Å². The van der Waals surface area contributed by atoms with Crippen LogP contribution in [-0.4, -0.2) is 0 Å². The first-order chi connectivity index (χ1) is 2.89. The normalized spacial score (nSPS) is 18.5. The molecule has 0 unspecified atom stereocenters. The number of rotatable bonds is 0. The van der Waals surface area contributed by atoms with Crippen molar-refractivity contribution in [2.24, 2.45) is 0 Å². The molecule has 0 heterocycles. The molecule has 0 bridgehead atoms. The zero-order valence-electron chi connectivity index (χ0n) is 7.29. The van der Waals surface area contributed by atoms with Gasteiger partial charge in [-0.2, -0.15) is 0 Å². The summed E-state index contributed by atoms with van der Waals surface area (Å²) < 4.78 is 1.40. The molecule has 0 aromatic heterocycles. The van der Waals surface area contributed by atoms with E-state index < -0.39 is 0 Å². The van der Waals surface area contributed by atoms with E-state index in [1.54, 1.807) is 0 Å². The molecule has 41 valence electrons. The van der Waals surface area contributed by atoms with E-state index in [0.717, 1.165) is 6.42 Å². The molecular weight excluding hydrogens is 161 g/mol. The van der Waals surface area contributed by atoms with E-state index in [1.165, 1.54) is 4.17 Å². The molecule has 0 saturated heterocycles. The SMILES string of the molecule is [H-].[H-].[H-].[H-].[Ru][C]1=CC=CC1. The number of hydrogen-bond acceptors (Lipinski definition) is 0. The van der Waals surface area contributed by atoms with Crippen LogP contribution in [0, 0.1) is 0 Å². The number of hydrogen-bond donors (Lipinski definition) is 0. The van der Waals surface area contributed by atoms with E-state index in [-0.39, 0.29) is 5.71 Å². The van der Waals surface area contributed by atoms with Crippen molar-refractivity contribution in [2.45, 2.75) is 6.42 Å². The van der Waals surface area contributed by atoms with Gasteiger partial charge in [0, 0.05) is 0 Å². The predicted molar refractivity (Wildman–Crippen MR) is 26.3 cm³/mol. The van der Waals surface area contributed by atoms with Crippen molar-refractivity contribution >= 4 is 0 Å². The molecule has 0 spiro atoms. The van der Waals surface area contributed by atoms with Gasteiger partial charge in [0.25, 0.3) is 0 Å². The van der Waals surface area contributed by atoms with E-state index in [2.05, 4.69) is 36.5 Å². The van der Waals surface area contributed by atoms with Crippen LogP contribution in [-0.2, 0) is 18.3 Å². The summed E-state index contributed by atoms with van der Waals surface area (Å²) in [6.45, 7) is 0. The Kier molecular flexibility index (Phi) is 1.21. The average molecular weight is 170 g/mol. The maximum absolute atomic E-state index is 2.59. The Morgan fingerprint density at radius 1 is 1.83 bits per heavy atom. The fourth-order valence-electron chi connectivity index (χ4n) is 0.416. The second kappa shape index (κ2) is 1.70. The molecule has 0 nitrogen and oxygen atoms in total. The molecule has 0 N–H and O–H groups in total. The molecular formula is C5H9Ru-4. The molecule has 0 aliphatic heterocycles. The van der Waals surface area contributed by atoms with Crippen molar-refractivity contribution in [3.8, 4) is 0 Å². The molecule has 0 amide bonds. The summed E-state index contributed by atoms with van der Waals surface area (Å²) in [6.07, 6.45) is 7.46. The first-order valence-corrected chi connectivity index (χ1v) is 2.76. The second-order valence-corrected chi connectivity index (χ2v) is 2.35. The van der Waals surface area contributed by atoms with E-state index in [4.69, 9.17) is 0 Å². The van der Waals surface area contributed by atoms with Crippen molar-refractivity contribution in [3.05, 3.63) is 22.4 Å². The van der Waals surface area contributed by atoms with Gasteiger partial charge in [0.05, 0.1) is 0 Å². The van der Waals surface area contributed by atoms with Crippen LogP contribution >= 0.6 is 0 Å². The third-order valence-corrected chi connectivity index (χ3v) is 1.36. The summed E-state index contributed by atoms with van der Waals surface area (Å²) in [6, 6.07) is 0. The molecule has 0 radical (unpaired) electrons. The molecule has 0 saturated carbocycles. The van der Waals surface area contributed by atoms with E-state index >= 15 is 0 Å². The molecule has 1 heteroatoms. The zero-order valence-corrected chi connectivity index (χ0v) is 5.03. The fourth-order valence-corrected chi connectivity index (χ4v) is 0.788. The van der Waals surface area contributed by atoms with Gasteiger partial charge >= 0.3 is 47.1 Å². The summed E-state index contributed by atoms with van der Waals surface area (Å²) in [5.74, 6) is 0. The minimum absolute atomic E-state index is 0. The van der Waals surface area contributed by atoms with Gasteiger partial charge in [-0.1, -0.05) is 0 Å². The van der Waals surface area contributed by atoms with Gasteiger partial charge in [-0.05, 0) is 0 Å². The van der Waals surface area contributed by atoms with Crippen LogP contribution in [0.2, 0.25) is 0 Å². The molecule has 0 atom stereocenters. The molecule has 1 rings (SSSR count). The van der Waals surface area contributed by atoms with Gasteiger partial charge in [0.2, 0.25) is 0 Å². The first-order valence-electron chi connectivity index (χ1n) is 1.89. The van der Waals surface area contributed by atoms with Gasteiger partial charge in [0.1, 0.15) is 0 Å². The van der Waals surface area contributed by atoms with Crippen LogP contribution in [0.1, 0.15) is 12.1 Å². The van der Waals surface area contributed by atoms with E-state index in [1.807, 2.05) is 0 Å². The van der Waals surface area contributed by atoms with Gasteiger partial charge in [0.15, 0.2) is 0 Å². The molecule has 1 aliphatic rings. The monoisotopic (exact) mass is 171 g/mol. The third kappa shape index (κ3) is 0.783. The Morgan fingerprint density at radius 2 is 2.67 bits per heavy atom. The summed E-state index contributed by atoms with van der Waals surface area (Å²) in [7, 11) is 0. The second-order valence-electron chi connectivity index (χ2n) is 1.23. The zero-order chi connectivity index (χ0) is 4.41. The van der Waals surface area contributed by atoms with Crippen molar-refractivity contribution in [2.75, 3.05) is 0 Å². The Morgan fingerprint density at radius 3 is 2.83 bits per heavy atom. The molecule has 6 heavy (non-hydrogen) atoms. The molecule has 1 aliphatic carbocycles. The predicted octanol–water partition coefficient (Wildman–Crippen LogP) is 1.83. The van der Waals surface area contributed by atoms with Crippen molar-refractivity contribution in [1.29, 1.82) is 0 Å². The maximum atomic E-state index is 2.59. The quantitative estimate of drug-likeness (QED) is 0.486. The minimum atomic E-state index is 0. The van der Waals surface area contributed by atoms with E-state index in [9.17, 15) is 0 Å². The summed E-state index contributed by atoms with van der Waals surface area (Å²) in [5.41, 5.74) is 0. The fraction of sp³-hybridized carbons (Fsp3) is 0.200. The summed E-state index contributed by atoms with van der Waals surface area (Å²) in [5, 5.41) is 0. The van der Waals surface area contributed by atoms with E-state index in [0.29, 0.717) is 0 Å². The molecule has 0 aromatic carbocycles. The Hall–Kier alpha value is 0.103. The van der Waals surface area contributed by atoms with Gasteiger partial charge in [-0.25, -0.2) is 0 Å². The van der Waals surface area contributed by atoms with Gasteiger partial charge < -0.3 is 5.71 Å². The van der Waals surface area contributed by atoms with Crippen LogP contribution in [0.15, 0.2) is 22.4 Å². The van der Waals surface area contributed by atoms with Crippen LogP contribution in [0.5, 0.6) is 0 Å². The number of allylic oxidation sites excluding steroid dienone is 4. The van der Waals surface area contributed by atoms with Gasteiger partial charge in [-0.3, -0.25) is 0 Å². The Bertz CT molecular complexity index is 110. The van der Waals surface area contributed by atoms with Crippen LogP contribution in [0.3, 0.4) is 0 Å².